The average Bonchev–Trinajstić information content (AvgIpc) is 3.62. The number of carbonyl (C=O) groups excluding carboxylic acids is 3. The smallest absolute Gasteiger partial charge is 0.303 e. The number of rotatable bonds is 12. The molecular weight excluding hydrogens is 608 g/mol. The van der Waals surface area contributed by atoms with E-state index in [-0.39, 0.29) is 37.9 Å². The molecule has 0 saturated carbocycles. The molecule has 0 spiro atoms. The third-order valence-corrected chi connectivity index (χ3v) is 8.96. The van der Waals surface area contributed by atoms with Crippen LogP contribution in [-0.4, -0.2) is 75.1 Å². The average molecular weight is 651 g/mol. The van der Waals surface area contributed by atoms with Crippen LogP contribution < -0.4 is 15.4 Å². The Labute approximate surface area is 273 Å². The van der Waals surface area contributed by atoms with Crippen molar-refractivity contribution in [3.63, 3.8) is 0 Å². The number of hydrogen-bond donors (Lipinski definition) is 4. The second kappa shape index (κ2) is 14.9. The number of aliphatic carboxylic acids is 1. The van der Waals surface area contributed by atoms with E-state index >= 15 is 0 Å². The number of amides is 3. The maximum absolute atomic E-state index is 13.9. The normalized spacial score (nSPS) is 17.7. The predicted molar refractivity (Wildman–Crippen MR) is 174 cm³/mol. The van der Waals surface area contributed by atoms with Gasteiger partial charge in [-0.15, -0.1) is 11.3 Å². The topological polar surface area (TPSA) is 158 Å². The SMILES string of the molecule is Cc1ncsc1-c1ccc([C@H](C)NC(=O)[C@@H]2C[C@@H](O)CN2C(=O)C(NC(=O)COc2ccc(CCC(=O)O)cc2)C(C)(C)C)cc1. The lowest BCUT2D eigenvalue weighted by Crippen LogP contribution is -2.58. The van der Waals surface area contributed by atoms with Gasteiger partial charge in [-0.2, -0.15) is 0 Å². The minimum atomic E-state index is -0.984. The van der Waals surface area contributed by atoms with Crippen molar-refractivity contribution in [2.45, 2.75) is 78.1 Å². The van der Waals surface area contributed by atoms with Crippen molar-refractivity contribution in [1.82, 2.24) is 20.5 Å². The summed E-state index contributed by atoms with van der Waals surface area (Å²) in [5, 5.41) is 25.1. The summed E-state index contributed by atoms with van der Waals surface area (Å²) < 4.78 is 5.60. The van der Waals surface area contributed by atoms with Gasteiger partial charge in [-0.1, -0.05) is 57.2 Å². The molecule has 4 N–H and O–H groups in total. The molecule has 246 valence electrons. The Hall–Kier alpha value is -4.29. The molecule has 11 nitrogen and oxygen atoms in total. The summed E-state index contributed by atoms with van der Waals surface area (Å²) in [6.45, 7) is 8.89. The molecule has 46 heavy (non-hydrogen) atoms. The highest BCUT2D eigenvalue weighted by molar-refractivity contribution is 7.13. The number of carbonyl (C=O) groups is 4. The number of thiazole rings is 1. The maximum Gasteiger partial charge on any atom is 0.303 e. The number of hydrogen-bond acceptors (Lipinski definition) is 8. The number of carboxylic acid groups (broad SMARTS) is 1. The van der Waals surface area contributed by atoms with E-state index in [2.05, 4.69) is 15.6 Å². The Balaban J connectivity index is 1.37. The summed E-state index contributed by atoms with van der Waals surface area (Å²) in [4.78, 5) is 57.8. The minimum absolute atomic E-state index is 0.0164. The Morgan fingerprint density at radius 2 is 1.74 bits per heavy atom. The molecule has 0 bridgehead atoms. The largest absolute Gasteiger partial charge is 0.484 e. The molecule has 1 unspecified atom stereocenters. The molecular formula is C34H42N4O7S. The molecule has 1 aromatic heterocycles. The first-order valence-electron chi connectivity index (χ1n) is 15.2. The Morgan fingerprint density at radius 1 is 1.07 bits per heavy atom. The van der Waals surface area contributed by atoms with Gasteiger partial charge in [0.2, 0.25) is 11.8 Å². The van der Waals surface area contributed by atoms with Crippen molar-refractivity contribution in [2.24, 2.45) is 5.41 Å². The van der Waals surface area contributed by atoms with E-state index in [1.165, 1.54) is 4.90 Å². The number of aryl methyl sites for hydroxylation is 2. The van der Waals surface area contributed by atoms with Crippen LogP contribution in [0.5, 0.6) is 5.75 Å². The molecule has 0 aliphatic carbocycles. The van der Waals surface area contributed by atoms with Crippen molar-refractivity contribution in [3.8, 4) is 16.2 Å². The summed E-state index contributed by atoms with van der Waals surface area (Å²) in [6.07, 6.45) is -0.391. The first-order valence-corrected chi connectivity index (χ1v) is 16.1. The predicted octanol–water partition coefficient (Wildman–Crippen LogP) is 3.88. The number of likely N-dealkylation sites (tertiary alicyclic amines) is 1. The van der Waals surface area contributed by atoms with Gasteiger partial charge in [0.15, 0.2) is 6.61 Å². The van der Waals surface area contributed by atoms with Crippen LogP contribution in [0.2, 0.25) is 0 Å². The van der Waals surface area contributed by atoms with E-state index in [0.29, 0.717) is 12.2 Å². The van der Waals surface area contributed by atoms with Crippen LogP contribution in [0.15, 0.2) is 54.0 Å². The minimum Gasteiger partial charge on any atom is -0.484 e. The van der Waals surface area contributed by atoms with Crippen molar-refractivity contribution in [2.75, 3.05) is 13.2 Å². The number of aromatic nitrogens is 1. The Kier molecular flexibility index (Phi) is 11.2. The lowest BCUT2D eigenvalue weighted by molar-refractivity contribution is -0.144. The first kappa shape index (κ1) is 34.6. The number of nitrogens with one attached hydrogen (secondary N) is 2. The van der Waals surface area contributed by atoms with Gasteiger partial charge in [-0.25, -0.2) is 4.98 Å². The van der Waals surface area contributed by atoms with Gasteiger partial charge >= 0.3 is 5.97 Å². The van der Waals surface area contributed by atoms with Crippen molar-refractivity contribution >= 4 is 35.0 Å². The molecule has 1 saturated heterocycles. The lowest BCUT2D eigenvalue weighted by atomic mass is 9.85. The van der Waals surface area contributed by atoms with Crippen molar-refractivity contribution < 1.29 is 34.1 Å². The Morgan fingerprint density at radius 3 is 2.33 bits per heavy atom. The van der Waals surface area contributed by atoms with Gasteiger partial charge in [0, 0.05) is 19.4 Å². The molecule has 1 fully saturated rings. The summed E-state index contributed by atoms with van der Waals surface area (Å²) in [7, 11) is 0. The highest BCUT2D eigenvalue weighted by Crippen LogP contribution is 2.29. The molecule has 12 heteroatoms. The first-order chi connectivity index (χ1) is 21.7. The van der Waals surface area contributed by atoms with Gasteiger partial charge in [0.25, 0.3) is 5.91 Å². The van der Waals surface area contributed by atoms with Crippen LogP contribution in [0, 0.1) is 12.3 Å². The molecule has 1 aliphatic rings. The van der Waals surface area contributed by atoms with Crippen LogP contribution in [0.1, 0.15) is 63.4 Å². The van der Waals surface area contributed by atoms with Gasteiger partial charge in [0.1, 0.15) is 17.8 Å². The van der Waals surface area contributed by atoms with Gasteiger partial charge in [0.05, 0.1) is 28.2 Å². The number of ether oxygens (including phenoxy) is 1. The van der Waals surface area contributed by atoms with Crippen LogP contribution >= 0.6 is 11.3 Å². The highest BCUT2D eigenvalue weighted by atomic mass is 32.1. The molecule has 0 radical (unpaired) electrons. The van der Waals surface area contributed by atoms with Crippen LogP contribution in [-0.2, 0) is 25.6 Å². The summed E-state index contributed by atoms with van der Waals surface area (Å²) in [5.41, 5.74) is 4.83. The van der Waals surface area contributed by atoms with E-state index in [0.717, 1.165) is 27.3 Å². The van der Waals surface area contributed by atoms with E-state index < -0.39 is 41.4 Å². The molecule has 3 aromatic rings. The quantitative estimate of drug-likeness (QED) is 0.230. The molecule has 4 atom stereocenters. The summed E-state index contributed by atoms with van der Waals surface area (Å²) >= 11 is 1.57. The number of nitrogens with zero attached hydrogens (tertiary/aromatic N) is 2. The standard InChI is InChI=1S/C34H42N4O7S/c1-20(23-9-11-24(12-10-23)30-21(2)35-19-46-30)36-32(43)27-16-25(39)17-38(27)33(44)31(34(3,4)5)37-28(40)18-45-26-13-6-22(7-14-26)8-15-29(41)42/h6-7,9-14,19-20,25,27,31,39H,8,15-18H2,1-5H3,(H,36,43)(H,37,40)(H,41,42)/t20-,25+,27-,31?/m0/s1. The lowest BCUT2D eigenvalue weighted by Gasteiger charge is -2.35. The maximum atomic E-state index is 13.9. The molecule has 2 aromatic carbocycles. The summed E-state index contributed by atoms with van der Waals surface area (Å²) in [6, 6.07) is 12.4. The van der Waals surface area contributed by atoms with Gasteiger partial charge in [-0.3, -0.25) is 19.2 Å². The Bertz CT molecular complexity index is 1530. The van der Waals surface area contributed by atoms with Crippen LogP contribution in [0.3, 0.4) is 0 Å². The highest BCUT2D eigenvalue weighted by Gasteiger charge is 2.44. The third kappa shape index (κ3) is 8.91. The van der Waals surface area contributed by atoms with Crippen LogP contribution in [0.4, 0.5) is 0 Å². The zero-order chi connectivity index (χ0) is 33.6. The van der Waals surface area contributed by atoms with E-state index in [1.54, 1.807) is 35.6 Å². The number of benzene rings is 2. The summed E-state index contributed by atoms with van der Waals surface area (Å²) in [5.74, 6) is -1.82. The fourth-order valence-corrected chi connectivity index (χ4v) is 6.18. The second-order valence-corrected chi connectivity index (χ2v) is 13.6. The third-order valence-electron chi connectivity index (χ3n) is 7.98. The van der Waals surface area contributed by atoms with Gasteiger partial charge in [-0.05, 0) is 54.5 Å². The molecule has 3 amide bonds. The van der Waals surface area contributed by atoms with Crippen LogP contribution in [0.25, 0.3) is 10.4 Å². The monoisotopic (exact) mass is 650 g/mol. The van der Waals surface area contributed by atoms with E-state index in [9.17, 15) is 24.3 Å². The van der Waals surface area contributed by atoms with Gasteiger partial charge < -0.3 is 30.5 Å². The van der Waals surface area contributed by atoms with Crippen molar-refractivity contribution in [3.05, 3.63) is 70.9 Å². The molecule has 1 aliphatic heterocycles. The fraction of sp³-hybridized carbons (Fsp3) is 0.441. The fourth-order valence-electron chi connectivity index (χ4n) is 5.37. The molecule has 4 rings (SSSR count). The zero-order valence-electron chi connectivity index (χ0n) is 26.8. The number of aliphatic hydroxyl groups is 1. The second-order valence-electron chi connectivity index (χ2n) is 12.7. The van der Waals surface area contributed by atoms with E-state index in [4.69, 9.17) is 9.84 Å². The zero-order valence-corrected chi connectivity index (χ0v) is 27.6. The van der Waals surface area contributed by atoms with Crippen molar-refractivity contribution in [1.29, 1.82) is 0 Å². The molecule has 2 heterocycles. The number of aliphatic hydroxyl groups excluding tert-OH is 1. The number of carboxylic acids is 1. The van der Waals surface area contributed by atoms with E-state index in [1.807, 2.05) is 64.4 Å². The number of β-amino-alcohol motifs (C(OH)–C–C–N with tert-alkyl or cyclic N) is 1.